The number of rotatable bonds is 2. The second kappa shape index (κ2) is 5.27. The van der Waals surface area contributed by atoms with Crippen LogP contribution in [0.5, 0.6) is 0 Å². The van der Waals surface area contributed by atoms with E-state index in [0.717, 1.165) is 0 Å². The van der Waals surface area contributed by atoms with Crippen LogP contribution in [0.25, 0.3) is 0 Å². The summed E-state index contributed by atoms with van der Waals surface area (Å²) in [5, 5.41) is 27.4. The molecule has 5 atom stereocenters. The van der Waals surface area contributed by atoms with Crippen molar-refractivity contribution in [1.82, 2.24) is 4.90 Å². The summed E-state index contributed by atoms with van der Waals surface area (Å²) in [5.74, 6) is 2.47. The minimum absolute atomic E-state index is 0.00917. The Kier molecular flexibility index (Phi) is 3.68. The molecule has 118 valence electrons. The normalized spacial score (nSPS) is 40.7. The van der Waals surface area contributed by atoms with Crippen molar-refractivity contribution in [3.05, 3.63) is 0 Å². The Morgan fingerprint density at radius 2 is 2.23 bits per heavy atom. The lowest BCUT2D eigenvalue weighted by Crippen LogP contribution is -2.53. The second-order valence-electron chi connectivity index (χ2n) is 5.04. The molecule has 0 spiro atoms. The van der Waals surface area contributed by atoms with E-state index < -0.39 is 36.3 Å². The summed E-state index contributed by atoms with van der Waals surface area (Å²) in [4.78, 5) is 13.6. The van der Waals surface area contributed by atoms with Crippen LogP contribution in [0.3, 0.4) is 0 Å². The first-order valence-electron chi connectivity index (χ1n) is 6.46. The fourth-order valence-corrected chi connectivity index (χ4v) is 2.77. The number of aliphatic hydroxyl groups is 3. The largest absolute Gasteiger partial charge is 0.394 e. The SMILES string of the molecule is C#CC1=NC(N)(Cl)C2=NCN([C@@H]3O[C@H](CO)[C@@H](O)[C@H]3O)C2=N1. The maximum atomic E-state index is 10.1. The van der Waals surface area contributed by atoms with Crippen molar-refractivity contribution in [2.24, 2.45) is 20.7 Å². The molecule has 0 aromatic carbocycles. The van der Waals surface area contributed by atoms with Crippen LogP contribution < -0.4 is 5.73 Å². The van der Waals surface area contributed by atoms with Gasteiger partial charge in [0.1, 0.15) is 30.7 Å². The van der Waals surface area contributed by atoms with Gasteiger partial charge in [0, 0.05) is 0 Å². The average Bonchev–Trinajstić information content (AvgIpc) is 3.02. The quantitative estimate of drug-likeness (QED) is 0.250. The summed E-state index contributed by atoms with van der Waals surface area (Å²) in [6.07, 6.45) is 0.921. The number of aliphatic imine (C=N–C) groups is 3. The van der Waals surface area contributed by atoms with Crippen molar-refractivity contribution in [3.63, 3.8) is 0 Å². The highest BCUT2D eigenvalue weighted by Gasteiger charge is 2.50. The van der Waals surface area contributed by atoms with Gasteiger partial charge in [-0.3, -0.25) is 10.7 Å². The van der Waals surface area contributed by atoms with E-state index in [1.165, 1.54) is 4.90 Å². The molecule has 1 unspecified atom stereocenters. The van der Waals surface area contributed by atoms with E-state index in [0.29, 0.717) is 0 Å². The van der Waals surface area contributed by atoms with Gasteiger partial charge in [0.25, 0.3) is 0 Å². The molecule has 0 saturated carbocycles. The number of nitrogens with zero attached hydrogens (tertiary/aromatic N) is 4. The molecule has 22 heavy (non-hydrogen) atoms. The van der Waals surface area contributed by atoms with Gasteiger partial charge in [-0.2, -0.15) is 0 Å². The summed E-state index contributed by atoms with van der Waals surface area (Å²) in [7, 11) is 0. The van der Waals surface area contributed by atoms with E-state index >= 15 is 0 Å². The van der Waals surface area contributed by atoms with E-state index in [9.17, 15) is 10.2 Å². The maximum Gasteiger partial charge on any atom is 0.233 e. The zero-order chi connectivity index (χ0) is 16.1. The van der Waals surface area contributed by atoms with Gasteiger partial charge in [-0.25, -0.2) is 9.98 Å². The van der Waals surface area contributed by atoms with Crippen LogP contribution in [0.1, 0.15) is 0 Å². The number of amidine groups is 2. The molecule has 10 heteroatoms. The number of hydrogen-bond acceptors (Lipinski definition) is 9. The molecule has 0 radical (unpaired) electrons. The molecule has 3 rings (SSSR count). The van der Waals surface area contributed by atoms with Crippen molar-refractivity contribution in [1.29, 1.82) is 0 Å². The fourth-order valence-electron chi connectivity index (χ4n) is 2.54. The molecule has 5 N–H and O–H groups in total. The first-order chi connectivity index (χ1) is 10.4. The smallest absolute Gasteiger partial charge is 0.233 e. The average molecular weight is 328 g/mol. The lowest BCUT2D eigenvalue weighted by atomic mass is 10.1. The molecular formula is C12H14ClN5O4. The lowest BCUT2D eigenvalue weighted by molar-refractivity contribution is -0.0688. The number of hydrogen-bond donors (Lipinski definition) is 4. The molecule has 3 aliphatic rings. The monoisotopic (exact) mass is 327 g/mol. The van der Waals surface area contributed by atoms with Crippen molar-refractivity contribution in [2.75, 3.05) is 13.3 Å². The van der Waals surface area contributed by atoms with Crippen molar-refractivity contribution in [2.45, 2.75) is 29.7 Å². The molecule has 0 aliphatic carbocycles. The Morgan fingerprint density at radius 1 is 1.50 bits per heavy atom. The number of ether oxygens (including phenoxy) is 1. The number of terminal acetylenes is 1. The summed E-state index contributed by atoms with van der Waals surface area (Å²) in [6, 6.07) is 0. The van der Waals surface area contributed by atoms with Crippen molar-refractivity contribution >= 4 is 29.0 Å². The Bertz CT molecular complexity index is 625. The van der Waals surface area contributed by atoms with Gasteiger partial charge in [-0.15, -0.1) is 6.42 Å². The summed E-state index contributed by atoms with van der Waals surface area (Å²) in [5.41, 5.74) is 6.06. The number of nitrogens with two attached hydrogens (primary N) is 1. The van der Waals surface area contributed by atoms with E-state index in [2.05, 4.69) is 20.9 Å². The van der Waals surface area contributed by atoms with Crippen LogP contribution in [0.4, 0.5) is 0 Å². The summed E-state index contributed by atoms with van der Waals surface area (Å²) in [6.45, 7) is -0.379. The molecule has 0 aromatic heterocycles. The minimum Gasteiger partial charge on any atom is -0.394 e. The zero-order valence-corrected chi connectivity index (χ0v) is 12.1. The predicted molar refractivity (Wildman–Crippen MR) is 78.4 cm³/mol. The Labute approximate surface area is 130 Å². The Morgan fingerprint density at radius 3 is 2.82 bits per heavy atom. The third-order valence-corrected chi connectivity index (χ3v) is 3.89. The molecular weight excluding hydrogens is 314 g/mol. The predicted octanol–water partition coefficient (Wildman–Crippen LogP) is -2.57. The highest BCUT2D eigenvalue weighted by atomic mass is 35.5. The van der Waals surface area contributed by atoms with Crippen LogP contribution in [-0.2, 0) is 4.74 Å². The van der Waals surface area contributed by atoms with E-state index in [1.807, 2.05) is 0 Å². The Balaban J connectivity index is 1.92. The van der Waals surface area contributed by atoms with Gasteiger partial charge in [0.2, 0.25) is 11.0 Å². The standard InChI is InChI=1S/C12H14ClN5O4/c1-2-6-16-10-9(12(13,14)17-6)15-4-18(10)11-8(21)7(20)5(3-19)22-11/h1,5,7-8,11,19-21H,3-4,14H2/t5-,7-,8-,11-,12?/m1/s1. The van der Waals surface area contributed by atoms with E-state index in [4.69, 9.17) is 33.6 Å². The number of halogens is 1. The topological polar surface area (TPSA) is 136 Å². The molecule has 1 saturated heterocycles. The third kappa shape index (κ3) is 2.21. The zero-order valence-electron chi connectivity index (χ0n) is 11.3. The Hall–Kier alpha value is -1.54. The van der Waals surface area contributed by atoms with E-state index in [-0.39, 0.29) is 24.1 Å². The molecule has 0 aromatic rings. The van der Waals surface area contributed by atoms with E-state index in [1.54, 1.807) is 0 Å². The molecule has 0 amide bonds. The molecule has 3 aliphatic heterocycles. The first-order valence-corrected chi connectivity index (χ1v) is 6.84. The second-order valence-corrected chi connectivity index (χ2v) is 5.61. The number of fused-ring (bicyclic) bond motifs is 1. The van der Waals surface area contributed by atoms with Gasteiger partial charge in [0.05, 0.1) is 6.61 Å². The minimum atomic E-state index is -1.65. The van der Waals surface area contributed by atoms with Crippen LogP contribution in [0, 0.1) is 12.3 Å². The summed E-state index contributed by atoms with van der Waals surface area (Å²) >= 11 is 6.10. The van der Waals surface area contributed by atoms with Crippen LogP contribution in [-0.4, -0.2) is 80.5 Å². The van der Waals surface area contributed by atoms with Crippen molar-refractivity contribution in [3.8, 4) is 12.3 Å². The molecule has 9 nitrogen and oxygen atoms in total. The molecule has 3 heterocycles. The number of aliphatic hydroxyl groups excluding tert-OH is 3. The number of alkyl halides is 1. The van der Waals surface area contributed by atoms with Gasteiger partial charge in [-0.05, 0) is 5.92 Å². The van der Waals surface area contributed by atoms with Gasteiger partial charge < -0.3 is 25.0 Å². The highest BCUT2D eigenvalue weighted by molar-refractivity contribution is 6.57. The third-order valence-electron chi connectivity index (χ3n) is 3.63. The van der Waals surface area contributed by atoms with Crippen LogP contribution in [0.15, 0.2) is 15.0 Å². The van der Waals surface area contributed by atoms with Gasteiger partial charge >= 0.3 is 0 Å². The van der Waals surface area contributed by atoms with Gasteiger partial charge in [-0.1, -0.05) is 11.6 Å². The first kappa shape index (κ1) is 15.4. The summed E-state index contributed by atoms with van der Waals surface area (Å²) < 4.78 is 5.45. The van der Waals surface area contributed by atoms with Crippen LogP contribution in [0.2, 0.25) is 0 Å². The van der Waals surface area contributed by atoms with Gasteiger partial charge in [0.15, 0.2) is 12.1 Å². The van der Waals surface area contributed by atoms with Crippen molar-refractivity contribution < 1.29 is 20.1 Å². The fraction of sp³-hybridized carbons (Fsp3) is 0.583. The molecule has 1 fully saturated rings. The maximum absolute atomic E-state index is 10.1. The van der Waals surface area contributed by atoms with Crippen LogP contribution >= 0.6 is 11.6 Å². The lowest BCUT2D eigenvalue weighted by Gasteiger charge is -2.30. The highest BCUT2D eigenvalue weighted by Crippen LogP contribution is 2.30. The molecule has 0 bridgehead atoms.